The van der Waals surface area contributed by atoms with Crippen LogP contribution in [0, 0.1) is 11.8 Å². The van der Waals surface area contributed by atoms with Gasteiger partial charge in [-0.25, -0.2) is 4.79 Å². The summed E-state index contributed by atoms with van der Waals surface area (Å²) in [5, 5.41) is 32.0. The number of aliphatic hydroxyl groups excluding tert-OH is 1. The molecular weight excluding hydrogens is 604 g/mol. The summed E-state index contributed by atoms with van der Waals surface area (Å²) in [4.78, 5) is 65.1. The van der Waals surface area contributed by atoms with Crippen molar-refractivity contribution in [3.05, 3.63) is 53.1 Å². The van der Waals surface area contributed by atoms with Gasteiger partial charge in [-0.3, -0.25) is 24.2 Å². The molecule has 244 valence electrons. The van der Waals surface area contributed by atoms with E-state index in [0.717, 1.165) is 56.1 Å². The van der Waals surface area contributed by atoms with E-state index in [1.165, 1.54) is 17.3 Å². The van der Waals surface area contributed by atoms with Gasteiger partial charge in [-0.2, -0.15) is 0 Å². The maximum atomic E-state index is 13.3. The molecule has 6 atom stereocenters. The molecule has 0 saturated carbocycles. The van der Waals surface area contributed by atoms with E-state index < -0.39 is 48.0 Å². The number of nitrogens with one attached hydrogen (secondary N) is 2. The molecule has 4 rings (SSSR count). The normalized spacial score (nSPS) is 23.5. The number of carboxylic acid groups (broad SMARTS) is 2. The number of aliphatic hydroxyl groups is 1. The molecule has 0 aromatic carbocycles. The third-order valence-electron chi connectivity index (χ3n) is 8.30. The van der Waals surface area contributed by atoms with Crippen LogP contribution in [0.5, 0.6) is 0 Å². The molecule has 0 saturated heterocycles. The number of thioether (sulfide) groups is 1. The smallest absolute Gasteiger partial charge is 0.353 e. The number of rotatable bonds is 13. The predicted octanol–water partition coefficient (Wildman–Crippen LogP) is 1.65. The Bertz CT molecular complexity index is 1340. The molecule has 14 heteroatoms. The summed E-state index contributed by atoms with van der Waals surface area (Å²) in [5.41, 5.74) is 8.77. The fraction of sp³-hybridized carbons (Fsp3) is 0.548. The van der Waals surface area contributed by atoms with Crippen molar-refractivity contribution < 1.29 is 44.0 Å². The highest BCUT2D eigenvalue weighted by Crippen LogP contribution is 2.47. The monoisotopic (exact) mass is 644 g/mol. The van der Waals surface area contributed by atoms with Crippen LogP contribution in [-0.4, -0.2) is 79.3 Å². The average molecular weight is 645 g/mol. The summed E-state index contributed by atoms with van der Waals surface area (Å²) >= 11 is 1.31. The van der Waals surface area contributed by atoms with Crippen molar-refractivity contribution in [1.29, 1.82) is 0 Å². The molecule has 1 aromatic heterocycles. The highest BCUT2D eigenvalue weighted by Gasteiger charge is 2.44. The molecule has 2 aliphatic carbocycles. The second-order valence-electron chi connectivity index (χ2n) is 11.6. The van der Waals surface area contributed by atoms with Gasteiger partial charge in [-0.05, 0) is 61.3 Å². The number of allylic oxidation sites excluding steroid dienone is 1. The Balaban J connectivity index is 1.55. The molecule has 0 bridgehead atoms. The fourth-order valence-electron chi connectivity index (χ4n) is 5.99. The zero-order valence-corrected chi connectivity index (χ0v) is 25.7. The molecule has 2 heterocycles. The summed E-state index contributed by atoms with van der Waals surface area (Å²) in [5.74, 6) is -4.63. The molecule has 2 amide bonds. The quantitative estimate of drug-likeness (QED) is 0.103. The van der Waals surface area contributed by atoms with E-state index in [9.17, 15) is 29.1 Å². The van der Waals surface area contributed by atoms with Gasteiger partial charge >= 0.3 is 17.9 Å². The summed E-state index contributed by atoms with van der Waals surface area (Å²) in [7, 11) is 0. The summed E-state index contributed by atoms with van der Waals surface area (Å²) in [6.45, 7) is 0. The number of ether oxygens (including phenoxy) is 1. The van der Waals surface area contributed by atoms with Crippen molar-refractivity contribution in [3.8, 4) is 0 Å². The van der Waals surface area contributed by atoms with Gasteiger partial charge in [-0.1, -0.05) is 37.3 Å². The highest BCUT2D eigenvalue weighted by atomic mass is 32.2. The molecule has 0 spiro atoms. The van der Waals surface area contributed by atoms with E-state index >= 15 is 0 Å². The number of nitrogens with two attached hydrogens (primary N) is 1. The van der Waals surface area contributed by atoms with Gasteiger partial charge in [0.25, 0.3) is 0 Å². The molecule has 0 radical (unpaired) electrons. The number of nitrogens with zero attached hydrogens (tertiary/aromatic N) is 1. The first-order chi connectivity index (χ1) is 21.5. The molecule has 0 unspecified atom stereocenters. The predicted molar refractivity (Wildman–Crippen MR) is 163 cm³/mol. The van der Waals surface area contributed by atoms with Crippen LogP contribution in [0.2, 0.25) is 0 Å². The van der Waals surface area contributed by atoms with Gasteiger partial charge in [0.05, 0.1) is 5.25 Å². The number of carbonyl (C=O) groups is 5. The number of carboxylic acids is 2. The Morgan fingerprint density at radius 1 is 1.04 bits per heavy atom. The van der Waals surface area contributed by atoms with E-state index in [1.54, 1.807) is 12.4 Å². The number of hydrogen-bond acceptors (Lipinski definition) is 10. The lowest BCUT2D eigenvalue weighted by molar-refractivity contribution is -0.151. The van der Waals surface area contributed by atoms with Gasteiger partial charge in [0.1, 0.15) is 23.8 Å². The second kappa shape index (κ2) is 16.0. The fourth-order valence-corrected chi connectivity index (χ4v) is 7.32. The summed E-state index contributed by atoms with van der Waals surface area (Å²) in [6.07, 6.45) is 9.92. The molecule has 45 heavy (non-hydrogen) atoms. The summed E-state index contributed by atoms with van der Waals surface area (Å²) in [6, 6.07) is 1.40. The average Bonchev–Trinajstić information content (AvgIpc) is 3.34. The lowest BCUT2D eigenvalue weighted by atomic mass is 9.74. The van der Waals surface area contributed by atoms with Crippen molar-refractivity contribution in [2.75, 3.05) is 5.75 Å². The molecule has 13 nitrogen and oxygen atoms in total. The number of aromatic nitrogens is 1. The minimum atomic E-state index is -2.19. The molecule has 0 fully saturated rings. The zero-order chi connectivity index (χ0) is 32.5. The molecule has 1 aliphatic heterocycles. The van der Waals surface area contributed by atoms with Crippen molar-refractivity contribution in [3.63, 3.8) is 0 Å². The Hall–Kier alpha value is -3.75. The van der Waals surface area contributed by atoms with Crippen LogP contribution in [0.1, 0.15) is 63.4 Å². The Kier molecular flexibility index (Phi) is 12.1. The van der Waals surface area contributed by atoms with E-state index in [-0.39, 0.29) is 35.7 Å². The first-order valence-corrected chi connectivity index (χ1v) is 16.2. The lowest BCUT2D eigenvalue weighted by Crippen LogP contribution is -2.53. The maximum Gasteiger partial charge on any atom is 0.353 e. The van der Waals surface area contributed by atoms with Crippen LogP contribution in [0.15, 0.2) is 47.5 Å². The Morgan fingerprint density at radius 3 is 2.44 bits per heavy atom. The Morgan fingerprint density at radius 2 is 1.76 bits per heavy atom. The summed E-state index contributed by atoms with van der Waals surface area (Å²) < 4.78 is 5.97. The first kappa shape index (κ1) is 34.1. The minimum absolute atomic E-state index is 0.0215. The van der Waals surface area contributed by atoms with Gasteiger partial charge in [-0.15, -0.1) is 11.8 Å². The van der Waals surface area contributed by atoms with E-state index in [0.29, 0.717) is 12.2 Å². The van der Waals surface area contributed by atoms with Crippen LogP contribution >= 0.6 is 11.8 Å². The standard InChI is InChI=1S/C31H40N4O9S/c32-21(29(39)40)7-8-24(36)34-22(27(37)35-28(38)30(41)42)16-45-23-6-4-2-1-3-5-19-14-18(13-17-9-11-33-12-10-17)15-20-25(19)26(23)44-31(20)43/h9-12,15,19-23,28,38H,1-8,13-14,16,32H2,(H,34,36)(H,35,37)(H,39,40)(H,41,42)/t19-,20-,21-,22-,23+,28-/m0/s1. The zero-order valence-electron chi connectivity index (χ0n) is 24.9. The van der Waals surface area contributed by atoms with E-state index in [2.05, 4.69) is 10.3 Å². The minimum Gasteiger partial charge on any atom is -0.480 e. The van der Waals surface area contributed by atoms with Crippen LogP contribution < -0.4 is 16.4 Å². The highest BCUT2D eigenvalue weighted by molar-refractivity contribution is 8.00. The van der Waals surface area contributed by atoms with Gasteiger partial charge in [0.15, 0.2) is 0 Å². The molecule has 7 N–H and O–H groups in total. The van der Waals surface area contributed by atoms with Crippen molar-refractivity contribution >= 4 is 41.5 Å². The number of esters is 1. The number of amides is 2. The molecule has 1 aromatic rings. The van der Waals surface area contributed by atoms with Crippen LogP contribution in [0.4, 0.5) is 0 Å². The van der Waals surface area contributed by atoms with Gasteiger partial charge in [0, 0.05) is 24.6 Å². The van der Waals surface area contributed by atoms with E-state index in [4.69, 9.17) is 20.7 Å². The van der Waals surface area contributed by atoms with Gasteiger partial charge < -0.3 is 36.4 Å². The third kappa shape index (κ3) is 9.38. The second-order valence-corrected chi connectivity index (χ2v) is 12.9. The number of pyridine rings is 1. The van der Waals surface area contributed by atoms with Crippen molar-refractivity contribution in [2.24, 2.45) is 17.6 Å². The maximum absolute atomic E-state index is 13.3. The molecule has 3 aliphatic rings. The third-order valence-corrected chi connectivity index (χ3v) is 9.68. The number of aliphatic carboxylic acids is 2. The van der Waals surface area contributed by atoms with E-state index in [1.807, 2.05) is 23.5 Å². The van der Waals surface area contributed by atoms with Gasteiger partial charge in [0.2, 0.25) is 18.0 Å². The van der Waals surface area contributed by atoms with Crippen LogP contribution in [0.25, 0.3) is 0 Å². The topological polar surface area (TPSA) is 218 Å². The SMILES string of the molecule is N[C@@H](CCC(=O)N[C@@H](CS[C@@H]1CCCCCC[C@H]2CC(Cc3ccncc3)=C[C@@H]3C(=O)OC1=C23)C(=O)N[C@@H](O)C(=O)O)C(=O)O. The van der Waals surface area contributed by atoms with Crippen LogP contribution in [0.3, 0.4) is 0 Å². The first-order valence-electron chi connectivity index (χ1n) is 15.2. The number of hydrogen-bond donors (Lipinski definition) is 6. The Labute approximate surface area is 265 Å². The van der Waals surface area contributed by atoms with Crippen LogP contribution in [-0.2, 0) is 35.1 Å². The lowest BCUT2D eigenvalue weighted by Gasteiger charge is -2.30. The number of carbonyl (C=O) groups excluding carboxylic acids is 3. The molecular formula is C31H40N4O9S. The largest absolute Gasteiger partial charge is 0.480 e. The van der Waals surface area contributed by atoms with Crippen molar-refractivity contribution in [2.45, 2.75) is 87.8 Å². The van der Waals surface area contributed by atoms with Crippen molar-refractivity contribution in [1.82, 2.24) is 15.6 Å².